The van der Waals surface area contributed by atoms with Crippen LogP contribution in [0.2, 0.25) is 0 Å². The van der Waals surface area contributed by atoms with Gasteiger partial charge >= 0.3 is 6.01 Å². The topological polar surface area (TPSA) is 78.3 Å². The predicted octanol–water partition coefficient (Wildman–Crippen LogP) is 3.61. The molecule has 0 bridgehead atoms. The van der Waals surface area contributed by atoms with Gasteiger partial charge in [0.1, 0.15) is 6.61 Å². The fourth-order valence-electron chi connectivity index (χ4n) is 2.78. The number of anilines is 1. The maximum atomic E-state index is 11.8. The second-order valence-electron chi connectivity index (χ2n) is 6.64. The van der Waals surface area contributed by atoms with Gasteiger partial charge in [0.2, 0.25) is 5.91 Å². The quantitative estimate of drug-likeness (QED) is 0.677. The molecule has 2 aromatic carbocycles. The Morgan fingerprint density at radius 3 is 2.68 bits per heavy atom. The zero-order valence-corrected chi connectivity index (χ0v) is 16.5. The minimum Gasteiger partial charge on any atom is -0.460 e. The van der Waals surface area contributed by atoms with Crippen LogP contribution in [0.3, 0.4) is 0 Å². The van der Waals surface area contributed by atoms with E-state index in [2.05, 4.69) is 15.4 Å². The highest BCUT2D eigenvalue weighted by molar-refractivity contribution is 5.92. The first-order valence-electron chi connectivity index (χ1n) is 9.07. The van der Waals surface area contributed by atoms with Crippen LogP contribution >= 0.6 is 0 Å². The molecular formula is C21H24N4O3. The predicted molar refractivity (Wildman–Crippen MR) is 108 cm³/mol. The summed E-state index contributed by atoms with van der Waals surface area (Å²) in [5.74, 6) is 0.454. The van der Waals surface area contributed by atoms with Gasteiger partial charge in [0.25, 0.3) is 0 Å². The van der Waals surface area contributed by atoms with Gasteiger partial charge < -0.3 is 14.8 Å². The van der Waals surface area contributed by atoms with Crippen LogP contribution in [0.4, 0.5) is 5.69 Å². The molecule has 0 fully saturated rings. The van der Waals surface area contributed by atoms with Crippen molar-refractivity contribution in [3.05, 3.63) is 54.1 Å². The number of amides is 1. The summed E-state index contributed by atoms with van der Waals surface area (Å²) in [7, 11) is 1.48. The van der Waals surface area contributed by atoms with Crippen molar-refractivity contribution in [2.24, 2.45) is 0 Å². The van der Waals surface area contributed by atoms with Crippen LogP contribution in [0.5, 0.6) is 6.01 Å². The van der Waals surface area contributed by atoms with Crippen LogP contribution < -0.4 is 10.1 Å². The number of nitrogens with zero attached hydrogens (tertiary/aromatic N) is 3. The first-order chi connectivity index (χ1) is 13.5. The lowest BCUT2D eigenvalue weighted by molar-refractivity contribution is -0.119. The summed E-state index contributed by atoms with van der Waals surface area (Å²) in [6, 6.07) is 15.7. The number of carbonyl (C=O) groups is 1. The van der Waals surface area contributed by atoms with Gasteiger partial charge in [-0.05, 0) is 44.5 Å². The molecule has 1 amide bonds. The van der Waals surface area contributed by atoms with Gasteiger partial charge in [0.05, 0.1) is 11.8 Å². The average molecular weight is 380 g/mol. The van der Waals surface area contributed by atoms with Crippen molar-refractivity contribution in [3.8, 4) is 23.1 Å². The van der Waals surface area contributed by atoms with Crippen molar-refractivity contribution in [1.29, 1.82) is 0 Å². The third-order valence-electron chi connectivity index (χ3n) is 3.96. The van der Waals surface area contributed by atoms with Crippen molar-refractivity contribution in [3.63, 3.8) is 0 Å². The van der Waals surface area contributed by atoms with Crippen LogP contribution in [-0.4, -0.2) is 40.5 Å². The molecule has 0 spiro atoms. The van der Waals surface area contributed by atoms with Crippen LogP contribution in [-0.2, 0) is 9.53 Å². The summed E-state index contributed by atoms with van der Waals surface area (Å²) < 4.78 is 12.3. The van der Waals surface area contributed by atoms with Gasteiger partial charge in [0.15, 0.2) is 5.82 Å². The summed E-state index contributed by atoms with van der Waals surface area (Å²) in [5.41, 5.74) is 3.45. The summed E-state index contributed by atoms with van der Waals surface area (Å²) >= 11 is 0. The van der Waals surface area contributed by atoms with E-state index in [1.165, 1.54) is 7.11 Å². The fourth-order valence-corrected chi connectivity index (χ4v) is 2.78. The van der Waals surface area contributed by atoms with Gasteiger partial charge in [-0.3, -0.25) is 4.79 Å². The summed E-state index contributed by atoms with van der Waals surface area (Å²) in [5, 5.41) is 7.35. The monoisotopic (exact) mass is 380 g/mol. The highest BCUT2D eigenvalue weighted by Crippen LogP contribution is 2.27. The molecular weight excluding hydrogens is 356 g/mol. The number of carbonyl (C=O) groups excluding carboxylic acids is 1. The van der Waals surface area contributed by atoms with Crippen molar-refractivity contribution in [2.75, 3.05) is 19.0 Å². The zero-order valence-electron chi connectivity index (χ0n) is 16.5. The van der Waals surface area contributed by atoms with E-state index in [0.29, 0.717) is 17.5 Å². The van der Waals surface area contributed by atoms with Crippen molar-refractivity contribution >= 4 is 11.6 Å². The van der Waals surface area contributed by atoms with Gasteiger partial charge in [-0.15, -0.1) is 5.10 Å². The van der Waals surface area contributed by atoms with Gasteiger partial charge in [-0.1, -0.05) is 30.3 Å². The maximum absolute atomic E-state index is 11.8. The second-order valence-corrected chi connectivity index (χ2v) is 6.64. The molecule has 3 rings (SSSR count). The highest BCUT2D eigenvalue weighted by atomic mass is 16.5. The first kappa shape index (κ1) is 19.6. The number of aromatic nitrogens is 3. The van der Waals surface area contributed by atoms with E-state index in [-0.39, 0.29) is 18.6 Å². The summed E-state index contributed by atoms with van der Waals surface area (Å²) in [6.07, 6.45) is -0.0414. The normalized spacial score (nSPS) is 10.9. The molecule has 0 unspecified atom stereocenters. The van der Waals surface area contributed by atoms with E-state index in [0.717, 1.165) is 16.8 Å². The third-order valence-corrected chi connectivity index (χ3v) is 3.96. The molecule has 3 aromatic rings. The van der Waals surface area contributed by atoms with Crippen molar-refractivity contribution in [1.82, 2.24) is 14.8 Å². The second kappa shape index (κ2) is 8.67. The van der Waals surface area contributed by atoms with E-state index in [1.807, 2.05) is 69.3 Å². The molecule has 7 heteroatoms. The molecule has 0 saturated carbocycles. The molecule has 0 radical (unpaired) electrons. The van der Waals surface area contributed by atoms with Gasteiger partial charge in [0, 0.05) is 18.4 Å². The molecule has 1 aromatic heterocycles. The number of ether oxygens (including phenoxy) is 2. The molecule has 1 N–H and O–H groups in total. The van der Waals surface area contributed by atoms with Gasteiger partial charge in [-0.25, -0.2) is 4.68 Å². The third kappa shape index (κ3) is 4.55. The van der Waals surface area contributed by atoms with Crippen molar-refractivity contribution in [2.45, 2.75) is 26.9 Å². The van der Waals surface area contributed by atoms with E-state index in [4.69, 9.17) is 9.47 Å². The SMILES string of the molecule is COCC(=O)Nc1cccc(-n2nc(OC(C)C)nc2-c2ccccc2C)c1. The van der Waals surface area contributed by atoms with E-state index >= 15 is 0 Å². The largest absolute Gasteiger partial charge is 0.460 e. The van der Waals surface area contributed by atoms with E-state index in [1.54, 1.807) is 4.68 Å². The lowest BCUT2D eigenvalue weighted by Gasteiger charge is -2.10. The Bertz CT molecular complexity index is 966. The summed E-state index contributed by atoms with van der Waals surface area (Å²) in [4.78, 5) is 16.4. The Kier molecular flexibility index (Phi) is 6.06. The number of nitrogens with one attached hydrogen (secondary N) is 1. The van der Waals surface area contributed by atoms with Crippen molar-refractivity contribution < 1.29 is 14.3 Å². The molecule has 1 heterocycles. The molecule has 0 aliphatic rings. The van der Waals surface area contributed by atoms with Crippen LogP contribution in [0.25, 0.3) is 17.1 Å². The van der Waals surface area contributed by atoms with Crippen LogP contribution in [0, 0.1) is 6.92 Å². The lowest BCUT2D eigenvalue weighted by atomic mass is 10.1. The Balaban J connectivity index is 2.04. The minimum atomic E-state index is -0.221. The summed E-state index contributed by atoms with van der Waals surface area (Å²) in [6.45, 7) is 5.88. The van der Waals surface area contributed by atoms with E-state index in [9.17, 15) is 4.79 Å². The van der Waals surface area contributed by atoms with Crippen LogP contribution in [0.1, 0.15) is 19.4 Å². The highest BCUT2D eigenvalue weighted by Gasteiger charge is 2.17. The minimum absolute atomic E-state index is 0.00557. The molecule has 28 heavy (non-hydrogen) atoms. The van der Waals surface area contributed by atoms with Crippen LogP contribution in [0.15, 0.2) is 48.5 Å². The molecule has 0 saturated heterocycles. The number of rotatable bonds is 7. The molecule has 0 aliphatic carbocycles. The molecule has 0 aliphatic heterocycles. The standard InChI is InChI=1S/C21H24N4O3/c1-14(2)28-21-23-20(18-11-6-5-8-15(18)3)25(24-21)17-10-7-9-16(12-17)22-19(26)13-27-4/h5-12,14H,13H2,1-4H3,(H,22,26). The molecule has 146 valence electrons. The fraction of sp³-hybridized carbons (Fsp3) is 0.286. The number of methoxy groups -OCH3 is 1. The first-order valence-corrected chi connectivity index (χ1v) is 9.07. The Labute approximate surface area is 164 Å². The van der Waals surface area contributed by atoms with Gasteiger partial charge in [-0.2, -0.15) is 4.98 Å². The number of benzene rings is 2. The van der Waals surface area contributed by atoms with E-state index < -0.39 is 0 Å². The molecule has 0 atom stereocenters. The lowest BCUT2D eigenvalue weighted by Crippen LogP contribution is -2.17. The zero-order chi connectivity index (χ0) is 20.1. The smallest absolute Gasteiger partial charge is 0.336 e. The Morgan fingerprint density at radius 2 is 1.96 bits per heavy atom. The molecule has 7 nitrogen and oxygen atoms in total. The maximum Gasteiger partial charge on any atom is 0.336 e. The Morgan fingerprint density at radius 1 is 1.18 bits per heavy atom. The number of hydrogen-bond donors (Lipinski definition) is 1. The number of hydrogen-bond acceptors (Lipinski definition) is 5. The average Bonchev–Trinajstić information content (AvgIpc) is 3.05. The number of aryl methyl sites for hydroxylation is 1. The Hall–Kier alpha value is -3.19.